The van der Waals surface area contributed by atoms with Crippen molar-refractivity contribution in [2.24, 2.45) is 4.99 Å². The van der Waals surface area contributed by atoms with E-state index in [1.165, 1.54) is 6.07 Å². The van der Waals surface area contributed by atoms with E-state index in [1.54, 1.807) is 6.07 Å². The van der Waals surface area contributed by atoms with Crippen molar-refractivity contribution >= 4 is 16.9 Å². The predicted octanol–water partition coefficient (Wildman–Crippen LogP) is 4.99. The van der Waals surface area contributed by atoms with E-state index in [2.05, 4.69) is 22.9 Å². The number of benzene rings is 1. The number of aliphatic imine (C=N–C) groups is 1. The second-order valence-corrected chi connectivity index (χ2v) is 8.08. The van der Waals surface area contributed by atoms with Gasteiger partial charge in [-0.3, -0.25) is 9.98 Å². The van der Waals surface area contributed by atoms with Gasteiger partial charge < -0.3 is 9.47 Å². The van der Waals surface area contributed by atoms with Gasteiger partial charge in [0.15, 0.2) is 5.17 Å². The summed E-state index contributed by atoms with van der Waals surface area (Å²) in [4.78, 5) is 12.1. The van der Waals surface area contributed by atoms with Gasteiger partial charge >= 0.3 is 0 Å². The first-order valence-electron chi connectivity index (χ1n) is 9.60. The van der Waals surface area contributed by atoms with E-state index in [0.29, 0.717) is 11.7 Å². The van der Waals surface area contributed by atoms with E-state index in [-0.39, 0.29) is 17.9 Å². The molecule has 3 aromatic rings. The van der Waals surface area contributed by atoms with Gasteiger partial charge in [-0.25, -0.2) is 4.39 Å². The Kier molecular flexibility index (Phi) is 4.43. The molecule has 0 amide bonds. The second-order valence-electron chi connectivity index (χ2n) is 7.09. The van der Waals surface area contributed by atoms with Gasteiger partial charge in [0, 0.05) is 29.9 Å². The van der Waals surface area contributed by atoms with Gasteiger partial charge in [-0.15, -0.1) is 0 Å². The monoisotopic (exact) mass is 392 g/mol. The Morgan fingerprint density at radius 1 is 1.11 bits per heavy atom. The lowest BCUT2D eigenvalue weighted by Crippen LogP contribution is -2.36. The van der Waals surface area contributed by atoms with Gasteiger partial charge in [0.2, 0.25) is 0 Å². The number of aromatic nitrogens is 2. The molecule has 6 heteroatoms. The lowest BCUT2D eigenvalue weighted by molar-refractivity contribution is 0.248. The first kappa shape index (κ1) is 17.5. The highest BCUT2D eigenvalue weighted by Gasteiger charge is 2.46. The highest BCUT2D eigenvalue weighted by Crippen LogP contribution is 2.48. The highest BCUT2D eigenvalue weighted by atomic mass is 32.2. The number of amidine groups is 1. The Morgan fingerprint density at radius 3 is 2.75 bits per heavy atom. The summed E-state index contributed by atoms with van der Waals surface area (Å²) in [6.07, 6.45) is 4.81. The molecule has 0 saturated carbocycles. The number of thioether (sulfide) groups is 1. The first-order valence-corrected chi connectivity index (χ1v) is 10.6. The number of para-hydroxylation sites is 1. The minimum atomic E-state index is -0.226. The fourth-order valence-corrected chi connectivity index (χ4v) is 5.51. The molecule has 4 heterocycles. The van der Waals surface area contributed by atoms with Crippen LogP contribution in [-0.2, 0) is 0 Å². The molecule has 1 aromatic carbocycles. The van der Waals surface area contributed by atoms with Crippen molar-refractivity contribution in [1.82, 2.24) is 14.5 Å². The van der Waals surface area contributed by atoms with E-state index in [4.69, 9.17) is 4.99 Å². The maximum Gasteiger partial charge on any atom is 0.160 e. The summed E-state index contributed by atoms with van der Waals surface area (Å²) in [5.74, 6) is 0.817. The first-order chi connectivity index (χ1) is 13.8. The zero-order chi connectivity index (χ0) is 19.1. The van der Waals surface area contributed by atoms with Crippen LogP contribution in [0.4, 0.5) is 4.39 Å². The van der Waals surface area contributed by atoms with Crippen molar-refractivity contribution in [3.05, 3.63) is 84.2 Å². The number of fused-ring (bicyclic) bond motifs is 1. The number of hydrogen-bond donors (Lipinski definition) is 0. The van der Waals surface area contributed by atoms with Crippen molar-refractivity contribution in [2.45, 2.75) is 31.5 Å². The van der Waals surface area contributed by atoms with E-state index < -0.39 is 0 Å². The number of pyridine rings is 1. The minimum absolute atomic E-state index is 0.000504. The van der Waals surface area contributed by atoms with E-state index in [0.717, 1.165) is 28.7 Å². The Morgan fingerprint density at radius 2 is 1.96 bits per heavy atom. The molecule has 0 N–H and O–H groups in total. The smallest absolute Gasteiger partial charge is 0.160 e. The van der Waals surface area contributed by atoms with Gasteiger partial charge in [0.25, 0.3) is 0 Å². The molecule has 0 unspecified atom stereocenters. The average molecular weight is 393 g/mol. The van der Waals surface area contributed by atoms with Crippen molar-refractivity contribution < 1.29 is 4.39 Å². The predicted molar refractivity (Wildman–Crippen MR) is 111 cm³/mol. The fourth-order valence-electron chi connectivity index (χ4n) is 4.17. The third kappa shape index (κ3) is 2.75. The summed E-state index contributed by atoms with van der Waals surface area (Å²) in [6.45, 7) is 2.22. The Hall–Kier alpha value is -2.60. The lowest BCUT2D eigenvalue weighted by Gasteiger charge is -2.32. The second kappa shape index (κ2) is 7.09. The van der Waals surface area contributed by atoms with Crippen LogP contribution in [0.1, 0.15) is 36.8 Å². The SMILES string of the molecule is CC[C@@H]1CSC2=N[C@@H](c3ccccn3)[C@@H](c3cccn3-c3ccccc3F)N21. The van der Waals surface area contributed by atoms with Crippen LogP contribution in [0, 0.1) is 5.82 Å². The Bertz CT molecular complexity index is 1020. The summed E-state index contributed by atoms with van der Waals surface area (Å²) < 4.78 is 16.5. The van der Waals surface area contributed by atoms with Crippen LogP contribution < -0.4 is 0 Å². The van der Waals surface area contributed by atoms with Crippen LogP contribution in [0.15, 0.2) is 72.0 Å². The molecule has 0 spiro atoms. The van der Waals surface area contributed by atoms with Gasteiger partial charge in [0.05, 0.1) is 11.4 Å². The molecule has 0 aliphatic carbocycles. The number of nitrogens with zero attached hydrogens (tertiary/aromatic N) is 4. The fraction of sp³-hybridized carbons (Fsp3) is 0.273. The average Bonchev–Trinajstić information content (AvgIpc) is 3.43. The summed E-state index contributed by atoms with van der Waals surface area (Å²) in [6, 6.07) is 17.3. The summed E-state index contributed by atoms with van der Waals surface area (Å²) in [7, 11) is 0. The molecule has 0 bridgehead atoms. The largest absolute Gasteiger partial charge is 0.337 e. The highest BCUT2D eigenvalue weighted by molar-refractivity contribution is 8.14. The number of halogens is 1. The molecule has 3 atom stereocenters. The summed E-state index contributed by atoms with van der Waals surface area (Å²) in [5.41, 5.74) is 2.56. The maximum atomic E-state index is 14.6. The molecule has 28 heavy (non-hydrogen) atoms. The summed E-state index contributed by atoms with van der Waals surface area (Å²) >= 11 is 1.81. The Labute approximate surface area is 168 Å². The third-order valence-electron chi connectivity index (χ3n) is 5.52. The van der Waals surface area contributed by atoms with Crippen molar-refractivity contribution in [1.29, 1.82) is 0 Å². The third-order valence-corrected chi connectivity index (χ3v) is 6.65. The molecule has 5 rings (SSSR count). The van der Waals surface area contributed by atoms with Gasteiger partial charge in [0.1, 0.15) is 17.9 Å². The van der Waals surface area contributed by atoms with Crippen molar-refractivity contribution in [3.63, 3.8) is 0 Å². The van der Waals surface area contributed by atoms with Crippen LogP contribution in [0.3, 0.4) is 0 Å². The van der Waals surface area contributed by atoms with Crippen LogP contribution in [0.5, 0.6) is 0 Å². The normalized spacial score (nSPS) is 23.7. The van der Waals surface area contributed by atoms with E-state index >= 15 is 0 Å². The number of hydrogen-bond acceptors (Lipinski definition) is 4. The van der Waals surface area contributed by atoms with Crippen LogP contribution in [0.2, 0.25) is 0 Å². The zero-order valence-electron chi connectivity index (χ0n) is 15.6. The van der Waals surface area contributed by atoms with Crippen molar-refractivity contribution in [3.8, 4) is 5.69 Å². The molecular formula is C22H21FN4S. The zero-order valence-corrected chi connectivity index (χ0v) is 16.4. The van der Waals surface area contributed by atoms with Gasteiger partial charge in [-0.05, 0) is 42.8 Å². The molecule has 142 valence electrons. The molecule has 1 fully saturated rings. The molecular weight excluding hydrogens is 371 g/mol. The van der Waals surface area contributed by atoms with E-state index in [9.17, 15) is 4.39 Å². The minimum Gasteiger partial charge on any atom is -0.337 e. The molecule has 4 nitrogen and oxygen atoms in total. The van der Waals surface area contributed by atoms with Gasteiger partial charge in [-0.1, -0.05) is 36.9 Å². The Balaban J connectivity index is 1.65. The summed E-state index contributed by atoms with van der Waals surface area (Å²) in [5, 5.41) is 1.08. The molecule has 1 saturated heterocycles. The van der Waals surface area contributed by atoms with Crippen molar-refractivity contribution in [2.75, 3.05) is 5.75 Å². The standard InChI is InChI=1S/C22H21FN4S/c1-2-15-14-28-22-25-20(17-9-5-6-12-24-17)21(27(15)22)19-11-7-13-26(19)18-10-4-3-8-16(18)23/h3-13,15,20-21H,2,14H2,1H3/t15-,20+,21-/m1/s1. The molecule has 2 aromatic heterocycles. The van der Waals surface area contributed by atoms with Gasteiger partial charge in [-0.2, -0.15) is 0 Å². The quantitative estimate of drug-likeness (QED) is 0.627. The maximum absolute atomic E-state index is 14.6. The molecule has 2 aliphatic heterocycles. The molecule has 2 aliphatic rings. The van der Waals surface area contributed by atoms with Crippen LogP contribution in [-0.4, -0.2) is 31.4 Å². The molecule has 0 radical (unpaired) electrons. The number of rotatable bonds is 4. The van der Waals surface area contributed by atoms with Crippen LogP contribution in [0.25, 0.3) is 5.69 Å². The van der Waals surface area contributed by atoms with E-state index in [1.807, 2.05) is 65.1 Å². The topological polar surface area (TPSA) is 33.4 Å². The lowest BCUT2D eigenvalue weighted by atomic mass is 9.99. The van der Waals surface area contributed by atoms with Crippen LogP contribution >= 0.6 is 11.8 Å².